The van der Waals surface area contributed by atoms with Gasteiger partial charge in [-0.1, -0.05) is 0 Å². The lowest BCUT2D eigenvalue weighted by Crippen LogP contribution is -2.10. The van der Waals surface area contributed by atoms with Crippen molar-refractivity contribution in [2.75, 3.05) is 11.1 Å². The predicted molar refractivity (Wildman–Crippen MR) is 63.6 cm³/mol. The van der Waals surface area contributed by atoms with E-state index in [-0.39, 0.29) is 18.1 Å². The fourth-order valence-electron chi connectivity index (χ4n) is 1.32. The predicted octanol–water partition coefficient (Wildman–Crippen LogP) is 1.88. The molecule has 6 heteroatoms. The lowest BCUT2D eigenvalue weighted by atomic mass is 10.3. The van der Waals surface area contributed by atoms with Crippen LogP contribution in [0.3, 0.4) is 0 Å². The highest BCUT2D eigenvalue weighted by Crippen LogP contribution is 2.27. The van der Waals surface area contributed by atoms with Gasteiger partial charge in [-0.3, -0.25) is 9.00 Å². The number of carbonyl (C=O) groups is 1. The molecular formula is C9H7FINO2S. The van der Waals surface area contributed by atoms with Gasteiger partial charge in [0.25, 0.3) is 0 Å². The zero-order chi connectivity index (χ0) is 11.0. The van der Waals surface area contributed by atoms with E-state index < -0.39 is 16.6 Å². The molecule has 1 aromatic carbocycles. The van der Waals surface area contributed by atoms with Crippen molar-refractivity contribution in [2.45, 2.75) is 11.3 Å². The van der Waals surface area contributed by atoms with Crippen LogP contribution >= 0.6 is 22.6 Å². The molecule has 1 atom stereocenters. The molecule has 0 saturated carbocycles. The van der Waals surface area contributed by atoms with Crippen molar-refractivity contribution in [3.8, 4) is 0 Å². The normalized spacial score (nSPS) is 20.4. The topological polar surface area (TPSA) is 46.2 Å². The second-order valence-electron chi connectivity index (χ2n) is 3.11. The SMILES string of the molecule is O=C1CCS(=O)c2cc(F)c(I)cc2N1. The summed E-state index contributed by atoms with van der Waals surface area (Å²) in [7, 11) is -1.30. The Balaban J connectivity index is 2.57. The third-order valence-electron chi connectivity index (χ3n) is 2.06. The Morgan fingerprint density at radius 2 is 2.20 bits per heavy atom. The summed E-state index contributed by atoms with van der Waals surface area (Å²) in [6.07, 6.45) is 0.208. The van der Waals surface area contributed by atoms with E-state index >= 15 is 0 Å². The molecule has 15 heavy (non-hydrogen) atoms. The number of hydrogen-bond donors (Lipinski definition) is 1. The molecule has 1 aliphatic rings. The highest BCUT2D eigenvalue weighted by Gasteiger charge is 2.20. The van der Waals surface area contributed by atoms with Crippen molar-refractivity contribution >= 4 is 45.0 Å². The summed E-state index contributed by atoms with van der Waals surface area (Å²) in [4.78, 5) is 11.6. The number of carbonyl (C=O) groups excluding carboxylic acids is 1. The molecule has 1 unspecified atom stereocenters. The average Bonchev–Trinajstić information content (AvgIpc) is 2.30. The monoisotopic (exact) mass is 339 g/mol. The van der Waals surface area contributed by atoms with Crippen LogP contribution in [0.1, 0.15) is 6.42 Å². The van der Waals surface area contributed by atoms with Gasteiger partial charge in [0.2, 0.25) is 5.91 Å². The van der Waals surface area contributed by atoms with Crippen LogP contribution in [0.2, 0.25) is 0 Å². The summed E-state index contributed by atoms with van der Waals surface area (Å²) in [5.41, 5.74) is 0.460. The lowest BCUT2D eigenvalue weighted by molar-refractivity contribution is -0.115. The first-order valence-corrected chi connectivity index (χ1v) is 6.65. The van der Waals surface area contributed by atoms with Gasteiger partial charge in [-0.25, -0.2) is 4.39 Å². The number of nitrogens with one attached hydrogen (secondary N) is 1. The molecular weight excluding hydrogens is 332 g/mol. The maximum Gasteiger partial charge on any atom is 0.225 e. The number of amides is 1. The quantitative estimate of drug-likeness (QED) is 0.734. The molecule has 1 amide bonds. The van der Waals surface area contributed by atoms with Crippen molar-refractivity contribution in [3.63, 3.8) is 0 Å². The van der Waals surface area contributed by atoms with Crippen LogP contribution in [-0.2, 0) is 15.6 Å². The molecule has 3 nitrogen and oxygen atoms in total. The van der Waals surface area contributed by atoms with E-state index in [9.17, 15) is 13.4 Å². The van der Waals surface area contributed by atoms with Crippen LogP contribution in [0.25, 0.3) is 0 Å². The number of halogens is 2. The number of benzene rings is 1. The third kappa shape index (κ3) is 2.20. The van der Waals surface area contributed by atoms with Gasteiger partial charge < -0.3 is 5.32 Å². The number of hydrogen-bond acceptors (Lipinski definition) is 2. The van der Waals surface area contributed by atoms with E-state index in [0.717, 1.165) is 0 Å². The molecule has 0 saturated heterocycles. The average molecular weight is 339 g/mol. The van der Waals surface area contributed by atoms with Crippen molar-refractivity contribution in [1.29, 1.82) is 0 Å². The van der Waals surface area contributed by atoms with E-state index in [1.54, 1.807) is 0 Å². The summed E-state index contributed by atoms with van der Waals surface area (Å²) < 4.78 is 25.3. The minimum atomic E-state index is -1.30. The Morgan fingerprint density at radius 3 is 2.93 bits per heavy atom. The van der Waals surface area contributed by atoms with Crippen LogP contribution in [-0.4, -0.2) is 15.9 Å². The molecule has 1 N–H and O–H groups in total. The van der Waals surface area contributed by atoms with Crippen LogP contribution in [0.15, 0.2) is 17.0 Å². The fourth-order valence-corrected chi connectivity index (χ4v) is 2.97. The van der Waals surface area contributed by atoms with Crippen LogP contribution in [0.5, 0.6) is 0 Å². The van der Waals surface area contributed by atoms with Crippen molar-refractivity contribution in [2.24, 2.45) is 0 Å². The second-order valence-corrected chi connectivity index (χ2v) is 5.81. The Hall–Kier alpha value is -0.500. The summed E-state index contributed by atoms with van der Waals surface area (Å²) in [5, 5.41) is 2.62. The van der Waals surface area contributed by atoms with Gasteiger partial charge in [0.05, 0.1) is 25.0 Å². The highest BCUT2D eigenvalue weighted by molar-refractivity contribution is 14.1. The smallest absolute Gasteiger partial charge is 0.225 e. The molecule has 2 rings (SSSR count). The van der Waals surface area contributed by atoms with E-state index in [2.05, 4.69) is 5.32 Å². The molecule has 1 aliphatic heterocycles. The van der Waals surface area contributed by atoms with Gasteiger partial charge in [-0.2, -0.15) is 0 Å². The zero-order valence-electron chi connectivity index (χ0n) is 7.55. The van der Waals surface area contributed by atoms with Crippen LogP contribution in [0, 0.1) is 9.39 Å². The van der Waals surface area contributed by atoms with E-state index in [4.69, 9.17) is 0 Å². The van der Waals surface area contributed by atoms with Gasteiger partial charge in [0, 0.05) is 12.2 Å². The lowest BCUT2D eigenvalue weighted by Gasteiger charge is -2.06. The largest absolute Gasteiger partial charge is 0.325 e. The third-order valence-corrected chi connectivity index (χ3v) is 4.29. The molecule has 0 bridgehead atoms. The van der Waals surface area contributed by atoms with Gasteiger partial charge in [-0.05, 0) is 34.7 Å². The van der Waals surface area contributed by atoms with E-state index in [1.807, 2.05) is 22.6 Å². The molecule has 80 valence electrons. The maximum absolute atomic E-state index is 13.3. The first kappa shape index (κ1) is 11.0. The van der Waals surface area contributed by atoms with E-state index in [1.165, 1.54) is 12.1 Å². The van der Waals surface area contributed by atoms with Crippen molar-refractivity contribution in [1.82, 2.24) is 0 Å². The first-order chi connectivity index (χ1) is 7.08. The summed E-state index contributed by atoms with van der Waals surface area (Å²) in [6, 6.07) is 2.74. The summed E-state index contributed by atoms with van der Waals surface area (Å²) >= 11 is 1.83. The molecule has 0 spiro atoms. The number of fused-ring (bicyclic) bond motifs is 1. The molecule has 1 heterocycles. The second kappa shape index (κ2) is 4.17. The zero-order valence-corrected chi connectivity index (χ0v) is 10.5. The standard InChI is InChI=1S/C9H7FINO2S/c10-5-3-8-7(4-6(5)11)12-9(13)1-2-15(8)14/h3-4H,1-2H2,(H,12,13). The van der Waals surface area contributed by atoms with Crippen molar-refractivity contribution in [3.05, 3.63) is 21.5 Å². The minimum absolute atomic E-state index is 0.176. The summed E-state index contributed by atoms with van der Waals surface area (Å²) in [6.45, 7) is 0. The highest BCUT2D eigenvalue weighted by atomic mass is 127. The van der Waals surface area contributed by atoms with Gasteiger partial charge in [0.15, 0.2) is 0 Å². The Morgan fingerprint density at radius 1 is 1.47 bits per heavy atom. The Kier molecular flexibility index (Phi) is 3.06. The summed E-state index contributed by atoms with van der Waals surface area (Å²) in [5.74, 6) is -0.331. The van der Waals surface area contributed by atoms with Gasteiger partial charge in [-0.15, -0.1) is 0 Å². The van der Waals surface area contributed by atoms with E-state index in [0.29, 0.717) is 14.2 Å². The minimum Gasteiger partial charge on any atom is -0.325 e. The molecule has 0 fully saturated rings. The van der Waals surface area contributed by atoms with Crippen LogP contribution in [0.4, 0.5) is 10.1 Å². The molecule has 0 aromatic heterocycles. The Bertz CT molecular complexity index is 464. The Labute approximate surface area is 102 Å². The number of anilines is 1. The van der Waals surface area contributed by atoms with Crippen molar-refractivity contribution < 1.29 is 13.4 Å². The maximum atomic E-state index is 13.3. The molecule has 0 aliphatic carbocycles. The van der Waals surface area contributed by atoms with Crippen LogP contribution < -0.4 is 5.32 Å². The molecule has 1 aromatic rings. The molecule has 0 radical (unpaired) electrons. The first-order valence-electron chi connectivity index (χ1n) is 4.25. The number of rotatable bonds is 0. The van der Waals surface area contributed by atoms with Gasteiger partial charge >= 0.3 is 0 Å². The fraction of sp³-hybridized carbons (Fsp3) is 0.222. The van der Waals surface area contributed by atoms with Gasteiger partial charge in [0.1, 0.15) is 5.82 Å².